The monoisotopic (exact) mass is 412 g/mol. The van der Waals surface area contributed by atoms with Crippen LogP contribution in [0.4, 0.5) is 11.8 Å². The van der Waals surface area contributed by atoms with Crippen molar-refractivity contribution in [3.05, 3.63) is 83.7 Å². The minimum atomic E-state index is 0.537. The van der Waals surface area contributed by atoms with Crippen LogP contribution in [0.15, 0.2) is 78.2 Å². The number of nitrogens with one attached hydrogen (secondary N) is 1. The Bertz CT molecular complexity index is 1260. The van der Waals surface area contributed by atoms with Gasteiger partial charge in [-0.2, -0.15) is 4.98 Å². The van der Waals surface area contributed by atoms with E-state index < -0.39 is 0 Å². The lowest BCUT2D eigenvalue weighted by molar-refractivity contribution is 0.898. The highest BCUT2D eigenvalue weighted by molar-refractivity contribution is 7.13. The van der Waals surface area contributed by atoms with Crippen LogP contribution in [-0.2, 0) is 6.42 Å². The first-order valence-electron chi connectivity index (χ1n) is 9.73. The van der Waals surface area contributed by atoms with Crippen molar-refractivity contribution in [3.8, 4) is 16.3 Å². The van der Waals surface area contributed by atoms with E-state index in [-0.39, 0.29) is 0 Å². The molecule has 6 nitrogen and oxygen atoms in total. The summed E-state index contributed by atoms with van der Waals surface area (Å²) in [5, 5.41) is 10.8. The molecule has 5 aromatic rings. The molecule has 30 heavy (non-hydrogen) atoms. The molecule has 3 N–H and O–H groups in total. The van der Waals surface area contributed by atoms with Crippen molar-refractivity contribution in [1.29, 1.82) is 0 Å². The van der Waals surface area contributed by atoms with E-state index in [1.807, 2.05) is 66.0 Å². The molecule has 0 aliphatic carbocycles. The maximum absolute atomic E-state index is 6.51. The molecule has 7 heteroatoms. The van der Waals surface area contributed by atoms with Gasteiger partial charge in [-0.25, -0.2) is 9.67 Å². The second-order valence-corrected chi connectivity index (χ2v) is 7.81. The Labute approximate surface area is 178 Å². The fourth-order valence-corrected chi connectivity index (χ4v) is 4.13. The normalized spacial score (nSPS) is 11.1. The summed E-state index contributed by atoms with van der Waals surface area (Å²) in [6.07, 6.45) is 0.886. The predicted molar refractivity (Wildman–Crippen MR) is 123 cm³/mol. The predicted octanol–water partition coefficient (Wildman–Crippen LogP) is 4.78. The minimum absolute atomic E-state index is 0.537. The summed E-state index contributed by atoms with van der Waals surface area (Å²) in [7, 11) is 0. The molecule has 148 valence electrons. The topological polar surface area (TPSA) is 81.7 Å². The van der Waals surface area contributed by atoms with Crippen LogP contribution < -0.4 is 11.1 Å². The molecule has 0 atom stereocenters. The Kier molecular flexibility index (Phi) is 4.86. The first-order chi connectivity index (χ1) is 14.8. The first-order valence-corrected chi connectivity index (χ1v) is 10.6. The van der Waals surface area contributed by atoms with E-state index >= 15 is 0 Å². The number of para-hydroxylation sites is 1. The van der Waals surface area contributed by atoms with Crippen molar-refractivity contribution in [1.82, 2.24) is 19.7 Å². The first kappa shape index (κ1) is 18.3. The van der Waals surface area contributed by atoms with E-state index in [9.17, 15) is 0 Å². The van der Waals surface area contributed by atoms with Gasteiger partial charge in [-0.3, -0.25) is 0 Å². The number of thiophene rings is 1. The quantitative estimate of drug-likeness (QED) is 0.419. The van der Waals surface area contributed by atoms with Gasteiger partial charge in [-0.15, -0.1) is 16.4 Å². The van der Waals surface area contributed by atoms with Crippen LogP contribution in [0.1, 0.15) is 5.56 Å². The highest BCUT2D eigenvalue weighted by Crippen LogP contribution is 2.34. The fraction of sp³-hybridized carbons (Fsp3) is 0.0870. The molecule has 0 aliphatic heterocycles. The van der Waals surface area contributed by atoms with Gasteiger partial charge in [0.05, 0.1) is 21.6 Å². The number of benzene rings is 2. The van der Waals surface area contributed by atoms with Crippen LogP contribution in [0.5, 0.6) is 0 Å². The maximum atomic E-state index is 6.51. The highest BCUT2D eigenvalue weighted by atomic mass is 32.1. The van der Waals surface area contributed by atoms with Gasteiger partial charge in [0.15, 0.2) is 5.65 Å². The van der Waals surface area contributed by atoms with Crippen LogP contribution in [0.3, 0.4) is 0 Å². The lowest BCUT2D eigenvalue weighted by Crippen LogP contribution is -2.08. The average Bonchev–Trinajstić information content (AvgIpc) is 3.43. The Hall–Kier alpha value is -3.71. The largest absolute Gasteiger partial charge is 0.383 e. The molecule has 0 unspecified atom stereocenters. The average molecular weight is 413 g/mol. The lowest BCUT2D eigenvalue weighted by Gasteiger charge is -2.07. The molecular formula is C23H20N6S. The number of hydrogen-bond acceptors (Lipinski definition) is 6. The maximum Gasteiger partial charge on any atom is 0.225 e. The van der Waals surface area contributed by atoms with Gasteiger partial charge >= 0.3 is 0 Å². The second kappa shape index (κ2) is 7.96. The van der Waals surface area contributed by atoms with E-state index in [1.165, 1.54) is 5.56 Å². The van der Waals surface area contributed by atoms with Gasteiger partial charge in [0.2, 0.25) is 5.95 Å². The molecule has 0 saturated carbocycles. The number of fused-ring (bicyclic) bond motifs is 1. The van der Waals surface area contributed by atoms with Crippen molar-refractivity contribution >= 4 is 34.1 Å². The van der Waals surface area contributed by atoms with Crippen LogP contribution in [0.25, 0.3) is 27.3 Å². The number of hydrogen-bond donors (Lipinski definition) is 2. The van der Waals surface area contributed by atoms with Gasteiger partial charge in [-0.05, 0) is 35.6 Å². The molecule has 0 radical (unpaired) electrons. The number of aromatic nitrogens is 4. The van der Waals surface area contributed by atoms with Gasteiger partial charge in [-0.1, -0.05) is 54.6 Å². The van der Waals surface area contributed by atoms with Gasteiger partial charge in [0, 0.05) is 6.54 Å². The zero-order valence-electron chi connectivity index (χ0n) is 16.2. The molecule has 0 bridgehead atoms. The molecule has 0 fully saturated rings. The van der Waals surface area contributed by atoms with Gasteiger partial charge in [0.25, 0.3) is 0 Å². The van der Waals surface area contributed by atoms with Crippen LogP contribution in [0, 0.1) is 0 Å². The Morgan fingerprint density at radius 1 is 0.900 bits per heavy atom. The molecular weight excluding hydrogens is 392 g/mol. The van der Waals surface area contributed by atoms with Crippen molar-refractivity contribution in [2.45, 2.75) is 6.42 Å². The van der Waals surface area contributed by atoms with Crippen molar-refractivity contribution in [2.75, 3.05) is 17.6 Å². The molecule has 3 heterocycles. The van der Waals surface area contributed by atoms with Crippen molar-refractivity contribution in [3.63, 3.8) is 0 Å². The molecule has 0 amide bonds. The smallest absolute Gasteiger partial charge is 0.225 e. The molecule has 0 saturated heterocycles. The number of anilines is 2. The van der Waals surface area contributed by atoms with E-state index in [4.69, 9.17) is 10.7 Å². The SMILES string of the molecule is Nc1c2c(-c3cccs3)nc(NCCc3ccccc3)nc2nn1-c1ccccc1. The standard InChI is InChI=1S/C23H20N6S/c24-21-19-20(18-12-7-15-30-18)26-23(25-14-13-16-8-3-1-4-9-16)27-22(19)28-29(21)17-10-5-2-6-11-17/h1-12,15H,13-14,24H2,(H,25,27,28). The number of rotatable bonds is 6. The molecule has 0 spiro atoms. The molecule has 2 aromatic carbocycles. The number of nitrogen functional groups attached to an aromatic ring is 1. The second-order valence-electron chi connectivity index (χ2n) is 6.87. The summed E-state index contributed by atoms with van der Waals surface area (Å²) in [4.78, 5) is 10.5. The minimum Gasteiger partial charge on any atom is -0.383 e. The van der Waals surface area contributed by atoms with E-state index in [0.717, 1.165) is 34.6 Å². The third-order valence-corrected chi connectivity index (χ3v) is 5.74. The summed E-state index contributed by atoms with van der Waals surface area (Å²) in [5.74, 6) is 1.09. The van der Waals surface area contributed by atoms with Crippen LogP contribution >= 0.6 is 11.3 Å². The summed E-state index contributed by atoms with van der Waals surface area (Å²) in [5.41, 5.74) is 10.1. The van der Waals surface area contributed by atoms with Gasteiger partial charge < -0.3 is 11.1 Å². The van der Waals surface area contributed by atoms with E-state index in [1.54, 1.807) is 16.0 Å². The Morgan fingerprint density at radius 2 is 1.67 bits per heavy atom. The number of nitrogens with two attached hydrogens (primary N) is 1. The van der Waals surface area contributed by atoms with E-state index in [0.29, 0.717) is 17.4 Å². The number of nitrogens with zero attached hydrogens (tertiary/aromatic N) is 4. The van der Waals surface area contributed by atoms with Gasteiger partial charge in [0.1, 0.15) is 5.82 Å². The van der Waals surface area contributed by atoms with Crippen molar-refractivity contribution in [2.24, 2.45) is 0 Å². The third-order valence-electron chi connectivity index (χ3n) is 4.86. The Balaban J connectivity index is 1.54. The lowest BCUT2D eigenvalue weighted by atomic mass is 10.1. The molecule has 5 rings (SSSR count). The van der Waals surface area contributed by atoms with Crippen LogP contribution in [-0.4, -0.2) is 26.3 Å². The zero-order valence-corrected chi connectivity index (χ0v) is 17.0. The van der Waals surface area contributed by atoms with Crippen LogP contribution in [0.2, 0.25) is 0 Å². The zero-order chi connectivity index (χ0) is 20.3. The summed E-state index contributed by atoms with van der Waals surface area (Å²) < 4.78 is 1.73. The summed E-state index contributed by atoms with van der Waals surface area (Å²) in [6, 6.07) is 24.2. The summed E-state index contributed by atoms with van der Waals surface area (Å²) in [6.45, 7) is 0.730. The Morgan fingerprint density at radius 3 is 2.40 bits per heavy atom. The van der Waals surface area contributed by atoms with Crippen molar-refractivity contribution < 1.29 is 0 Å². The highest BCUT2D eigenvalue weighted by Gasteiger charge is 2.19. The molecule has 3 aromatic heterocycles. The van der Waals surface area contributed by atoms with E-state index in [2.05, 4.69) is 27.5 Å². The third kappa shape index (κ3) is 3.51. The summed E-state index contributed by atoms with van der Waals surface area (Å²) >= 11 is 1.62. The molecule has 0 aliphatic rings. The fourth-order valence-electron chi connectivity index (χ4n) is 3.41.